The molecule has 3 heteroatoms. The molecule has 17 heavy (non-hydrogen) atoms. The average Bonchev–Trinajstić information content (AvgIpc) is 2.32. The number of likely N-dealkylation sites (N-methyl/N-ethyl adjacent to an activating group) is 1. The number of hydrogen-bond acceptors (Lipinski definition) is 3. The lowest BCUT2D eigenvalue weighted by atomic mass is 9.86. The molecule has 3 unspecified atom stereocenters. The van der Waals surface area contributed by atoms with Crippen molar-refractivity contribution < 1.29 is 0 Å². The van der Waals surface area contributed by atoms with E-state index in [9.17, 15) is 0 Å². The van der Waals surface area contributed by atoms with Crippen molar-refractivity contribution in [3.05, 3.63) is 0 Å². The van der Waals surface area contributed by atoms with Gasteiger partial charge in [-0.3, -0.25) is 9.80 Å². The number of piperazine rings is 1. The van der Waals surface area contributed by atoms with Crippen LogP contribution in [0, 0.1) is 0 Å². The summed E-state index contributed by atoms with van der Waals surface area (Å²) in [7, 11) is 2.24. The maximum Gasteiger partial charge on any atom is 0.0330 e. The third-order valence-corrected chi connectivity index (χ3v) is 4.78. The van der Waals surface area contributed by atoms with E-state index in [0.717, 1.165) is 19.6 Å². The minimum Gasteiger partial charge on any atom is -0.329 e. The molecule has 1 heterocycles. The van der Waals surface area contributed by atoms with E-state index in [1.165, 1.54) is 19.3 Å². The predicted molar refractivity (Wildman–Crippen MR) is 75.2 cm³/mol. The van der Waals surface area contributed by atoms with E-state index in [1.54, 1.807) is 0 Å². The van der Waals surface area contributed by atoms with Gasteiger partial charge in [0, 0.05) is 37.3 Å². The summed E-state index contributed by atoms with van der Waals surface area (Å²) < 4.78 is 0. The van der Waals surface area contributed by atoms with Crippen molar-refractivity contribution in [1.29, 1.82) is 0 Å². The Bertz CT molecular complexity index is 214. The molecule has 2 N–H and O–H groups in total. The lowest BCUT2D eigenvalue weighted by Gasteiger charge is -2.51. The van der Waals surface area contributed by atoms with Gasteiger partial charge < -0.3 is 5.73 Å². The van der Waals surface area contributed by atoms with Crippen LogP contribution < -0.4 is 5.73 Å². The van der Waals surface area contributed by atoms with Gasteiger partial charge in [-0.05, 0) is 33.7 Å². The smallest absolute Gasteiger partial charge is 0.0330 e. The third kappa shape index (κ3) is 3.01. The van der Waals surface area contributed by atoms with Crippen LogP contribution in [0.2, 0.25) is 0 Å². The highest BCUT2D eigenvalue weighted by atomic mass is 15.3. The van der Waals surface area contributed by atoms with E-state index in [2.05, 4.69) is 44.5 Å². The van der Waals surface area contributed by atoms with Gasteiger partial charge in [-0.15, -0.1) is 0 Å². The summed E-state index contributed by atoms with van der Waals surface area (Å²) in [6, 6.07) is 1.26. The molecule has 1 fully saturated rings. The van der Waals surface area contributed by atoms with E-state index in [1.807, 2.05) is 0 Å². The molecule has 0 spiro atoms. The molecule has 3 nitrogen and oxygen atoms in total. The van der Waals surface area contributed by atoms with Gasteiger partial charge in [0.2, 0.25) is 0 Å². The maximum atomic E-state index is 6.11. The third-order valence-electron chi connectivity index (χ3n) is 4.78. The van der Waals surface area contributed by atoms with Crippen LogP contribution in [0.3, 0.4) is 0 Å². The Morgan fingerprint density at radius 1 is 1.18 bits per heavy atom. The Morgan fingerprint density at radius 2 is 1.71 bits per heavy atom. The van der Waals surface area contributed by atoms with Gasteiger partial charge in [0.15, 0.2) is 0 Å². The standard InChI is InChI=1S/C14H31N3/c1-6-8-14(7-2,11-15)17-9-12(3)16(5)13(4)10-17/h12-13H,6-11,15H2,1-5H3. The normalized spacial score (nSPS) is 31.4. The Hall–Kier alpha value is -0.120. The molecule has 0 amide bonds. The van der Waals surface area contributed by atoms with Crippen molar-refractivity contribution in [3.63, 3.8) is 0 Å². The number of nitrogens with two attached hydrogens (primary N) is 1. The van der Waals surface area contributed by atoms with Crippen molar-refractivity contribution in [2.24, 2.45) is 5.73 Å². The Kier molecular flexibility index (Phi) is 5.42. The van der Waals surface area contributed by atoms with Gasteiger partial charge in [-0.1, -0.05) is 20.3 Å². The molecule has 0 aromatic heterocycles. The first-order valence-electron chi connectivity index (χ1n) is 7.17. The van der Waals surface area contributed by atoms with Gasteiger partial charge in [0.25, 0.3) is 0 Å². The first-order valence-corrected chi connectivity index (χ1v) is 7.17. The molecule has 1 aliphatic rings. The molecule has 1 saturated heterocycles. The molecule has 0 bridgehead atoms. The highest BCUT2D eigenvalue weighted by molar-refractivity contribution is 4.96. The summed E-state index contributed by atoms with van der Waals surface area (Å²) >= 11 is 0. The fraction of sp³-hybridized carbons (Fsp3) is 1.00. The number of hydrogen-bond donors (Lipinski definition) is 1. The molecule has 0 saturated carbocycles. The van der Waals surface area contributed by atoms with Crippen LogP contribution in [0.1, 0.15) is 47.0 Å². The van der Waals surface area contributed by atoms with Crippen LogP contribution in [0.15, 0.2) is 0 Å². The summed E-state index contributed by atoms with van der Waals surface area (Å²) in [6.07, 6.45) is 3.61. The van der Waals surface area contributed by atoms with Gasteiger partial charge in [0.1, 0.15) is 0 Å². The molecule has 0 aromatic rings. The van der Waals surface area contributed by atoms with Gasteiger partial charge in [-0.2, -0.15) is 0 Å². The molecule has 3 atom stereocenters. The molecule has 0 aromatic carbocycles. The average molecular weight is 241 g/mol. The van der Waals surface area contributed by atoms with Crippen LogP contribution in [0.25, 0.3) is 0 Å². The van der Waals surface area contributed by atoms with Crippen molar-refractivity contribution in [3.8, 4) is 0 Å². The van der Waals surface area contributed by atoms with Crippen LogP contribution in [0.4, 0.5) is 0 Å². The Labute approximate surface area is 107 Å². The van der Waals surface area contributed by atoms with Crippen molar-refractivity contribution in [2.75, 3.05) is 26.7 Å². The second-order valence-electron chi connectivity index (χ2n) is 5.80. The van der Waals surface area contributed by atoms with E-state index in [4.69, 9.17) is 5.73 Å². The van der Waals surface area contributed by atoms with Gasteiger partial charge in [-0.25, -0.2) is 0 Å². The van der Waals surface area contributed by atoms with Crippen molar-refractivity contribution in [1.82, 2.24) is 9.80 Å². The summed E-state index contributed by atoms with van der Waals surface area (Å²) in [5, 5.41) is 0. The molecule has 102 valence electrons. The molecular weight excluding hydrogens is 210 g/mol. The Balaban J connectivity index is 2.81. The molecule has 1 aliphatic heterocycles. The van der Waals surface area contributed by atoms with Crippen LogP contribution in [-0.4, -0.2) is 54.1 Å². The van der Waals surface area contributed by atoms with Crippen molar-refractivity contribution in [2.45, 2.75) is 64.6 Å². The summed E-state index contributed by atoms with van der Waals surface area (Å²) in [6.45, 7) is 12.3. The maximum absolute atomic E-state index is 6.11. The summed E-state index contributed by atoms with van der Waals surface area (Å²) in [5.41, 5.74) is 6.34. The predicted octanol–water partition coefficient (Wildman–Crippen LogP) is 1.92. The SMILES string of the molecule is CCCC(CC)(CN)N1CC(C)N(C)C(C)C1. The lowest BCUT2D eigenvalue weighted by molar-refractivity contribution is -0.0158. The van der Waals surface area contributed by atoms with Crippen molar-refractivity contribution >= 4 is 0 Å². The number of nitrogens with zero attached hydrogens (tertiary/aromatic N) is 2. The minimum absolute atomic E-state index is 0.235. The van der Waals surface area contributed by atoms with E-state index in [0.29, 0.717) is 12.1 Å². The van der Waals surface area contributed by atoms with Gasteiger partial charge >= 0.3 is 0 Å². The molecule has 0 aliphatic carbocycles. The highest BCUT2D eigenvalue weighted by Gasteiger charge is 2.38. The first kappa shape index (κ1) is 14.9. The van der Waals surface area contributed by atoms with E-state index in [-0.39, 0.29) is 5.54 Å². The monoisotopic (exact) mass is 241 g/mol. The molecule has 1 rings (SSSR count). The quantitative estimate of drug-likeness (QED) is 0.798. The van der Waals surface area contributed by atoms with E-state index >= 15 is 0 Å². The minimum atomic E-state index is 0.235. The second kappa shape index (κ2) is 6.17. The van der Waals surface area contributed by atoms with E-state index < -0.39 is 0 Å². The topological polar surface area (TPSA) is 32.5 Å². The summed E-state index contributed by atoms with van der Waals surface area (Å²) in [5.74, 6) is 0. The van der Waals surface area contributed by atoms with Crippen LogP contribution >= 0.6 is 0 Å². The molecular formula is C14H31N3. The second-order valence-corrected chi connectivity index (χ2v) is 5.80. The zero-order valence-electron chi connectivity index (χ0n) is 12.4. The molecule has 0 radical (unpaired) electrons. The van der Waals surface area contributed by atoms with Gasteiger partial charge in [0.05, 0.1) is 0 Å². The zero-order valence-corrected chi connectivity index (χ0v) is 12.4. The number of rotatable bonds is 5. The summed E-state index contributed by atoms with van der Waals surface area (Å²) in [4.78, 5) is 5.14. The fourth-order valence-corrected chi connectivity index (χ4v) is 3.19. The lowest BCUT2D eigenvalue weighted by Crippen LogP contribution is -2.64. The zero-order chi connectivity index (χ0) is 13.1. The highest BCUT2D eigenvalue weighted by Crippen LogP contribution is 2.28. The van der Waals surface area contributed by atoms with Crippen LogP contribution in [0.5, 0.6) is 0 Å². The largest absolute Gasteiger partial charge is 0.329 e. The van der Waals surface area contributed by atoms with Crippen LogP contribution in [-0.2, 0) is 0 Å². The fourth-order valence-electron chi connectivity index (χ4n) is 3.19. The first-order chi connectivity index (χ1) is 8.00. The Morgan fingerprint density at radius 3 is 2.06 bits per heavy atom.